The average molecular weight is 231 g/mol. The molecule has 0 bridgehead atoms. The number of anilines is 1. The zero-order chi connectivity index (χ0) is 11.8. The van der Waals surface area contributed by atoms with E-state index in [2.05, 4.69) is 40.8 Å². The lowest BCUT2D eigenvalue weighted by Crippen LogP contribution is -2.56. The highest BCUT2D eigenvalue weighted by Crippen LogP contribution is 2.30. The normalized spacial score (nSPS) is 24.6. The van der Waals surface area contributed by atoms with E-state index in [0.29, 0.717) is 12.1 Å². The predicted octanol–water partition coefficient (Wildman–Crippen LogP) is 1.93. The van der Waals surface area contributed by atoms with Crippen LogP contribution in [0.3, 0.4) is 0 Å². The number of rotatable bonds is 1. The van der Waals surface area contributed by atoms with Gasteiger partial charge in [0, 0.05) is 37.9 Å². The van der Waals surface area contributed by atoms with Gasteiger partial charge in [-0.2, -0.15) is 0 Å². The second-order valence-electron chi connectivity index (χ2n) is 5.46. The Morgan fingerprint density at radius 2 is 2.24 bits per heavy atom. The molecule has 0 aromatic carbocycles. The van der Waals surface area contributed by atoms with Crippen LogP contribution in [0.4, 0.5) is 5.82 Å². The van der Waals surface area contributed by atoms with Crippen LogP contribution in [0.2, 0.25) is 0 Å². The fraction of sp³-hybridized carbons (Fsp3) is 0.643. The molecule has 0 radical (unpaired) electrons. The lowest BCUT2D eigenvalue weighted by molar-refractivity contribution is 0.174. The highest BCUT2D eigenvalue weighted by Gasteiger charge is 2.32. The van der Waals surface area contributed by atoms with Gasteiger partial charge in [0.05, 0.1) is 0 Å². The predicted molar refractivity (Wildman–Crippen MR) is 70.4 cm³/mol. The Balaban J connectivity index is 1.83. The van der Waals surface area contributed by atoms with Gasteiger partial charge in [-0.05, 0) is 38.3 Å². The van der Waals surface area contributed by atoms with Crippen LogP contribution in [-0.2, 0) is 6.42 Å². The first-order chi connectivity index (χ1) is 8.25. The summed E-state index contributed by atoms with van der Waals surface area (Å²) in [4.78, 5) is 9.70. The van der Waals surface area contributed by atoms with Crippen LogP contribution in [-0.4, -0.2) is 41.6 Å². The Bertz CT molecular complexity index is 402. The van der Waals surface area contributed by atoms with Crippen LogP contribution < -0.4 is 4.90 Å². The first-order valence-electron chi connectivity index (χ1n) is 6.70. The van der Waals surface area contributed by atoms with E-state index in [1.807, 2.05) is 6.20 Å². The van der Waals surface area contributed by atoms with Gasteiger partial charge in [-0.15, -0.1) is 0 Å². The molecule has 1 aromatic rings. The van der Waals surface area contributed by atoms with Crippen molar-refractivity contribution >= 4 is 5.82 Å². The molecular weight excluding hydrogens is 210 g/mol. The number of piperazine rings is 1. The van der Waals surface area contributed by atoms with Gasteiger partial charge in [-0.25, -0.2) is 4.98 Å². The number of fused-ring (bicyclic) bond motifs is 3. The number of hydrogen-bond donors (Lipinski definition) is 0. The highest BCUT2D eigenvalue weighted by atomic mass is 15.3. The van der Waals surface area contributed by atoms with E-state index in [-0.39, 0.29) is 0 Å². The first-order valence-corrected chi connectivity index (χ1v) is 6.70. The van der Waals surface area contributed by atoms with Crippen molar-refractivity contribution in [2.24, 2.45) is 0 Å². The SMILES string of the molecule is CC(C)N1CCN2c3ncccc3CCC2C1. The van der Waals surface area contributed by atoms with Crippen molar-refractivity contribution in [3.8, 4) is 0 Å². The van der Waals surface area contributed by atoms with Gasteiger partial charge in [-0.3, -0.25) is 4.90 Å². The summed E-state index contributed by atoms with van der Waals surface area (Å²) in [5, 5.41) is 0. The molecule has 2 aliphatic rings. The van der Waals surface area contributed by atoms with Crippen LogP contribution in [0, 0.1) is 0 Å². The van der Waals surface area contributed by atoms with Crippen LogP contribution in [0.15, 0.2) is 18.3 Å². The topological polar surface area (TPSA) is 19.4 Å². The largest absolute Gasteiger partial charge is 0.351 e. The van der Waals surface area contributed by atoms with Crippen LogP contribution >= 0.6 is 0 Å². The fourth-order valence-electron chi connectivity index (χ4n) is 3.08. The van der Waals surface area contributed by atoms with Crippen molar-refractivity contribution in [3.05, 3.63) is 23.9 Å². The molecule has 3 heteroatoms. The maximum absolute atomic E-state index is 4.58. The minimum atomic E-state index is 0.669. The Morgan fingerprint density at radius 3 is 3.06 bits per heavy atom. The molecule has 1 fully saturated rings. The zero-order valence-corrected chi connectivity index (χ0v) is 10.8. The number of aryl methyl sites for hydroxylation is 1. The number of pyridine rings is 1. The lowest BCUT2D eigenvalue weighted by Gasteiger charge is -2.46. The summed E-state index contributed by atoms with van der Waals surface area (Å²) in [6, 6.07) is 5.63. The molecule has 3 nitrogen and oxygen atoms in total. The molecule has 92 valence electrons. The van der Waals surface area contributed by atoms with Crippen molar-refractivity contribution in [2.75, 3.05) is 24.5 Å². The molecule has 3 rings (SSSR count). The lowest BCUT2D eigenvalue weighted by atomic mass is 9.96. The third kappa shape index (κ3) is 1.93. The summed E-state index contributed by atoms with van der Waals surface area (Å²) >= 11 is 0. The Labute approximate surface area is 103 Å². The van der Waals surface area contributed by atoms with E-state index < -0.39 is 0 Å². The van der Waals surface area contributed by atoms with Gasteiger partial charge in [0.15, 0.2) is 0 Å². The molecule has 0 aliphatic carbocycles. The van der Waals surface area contributed by atoms with E-state index in [1.54, 1.807) is 0 Å². The van der Waals surface area contributed by atoms with E-state index >= 15 is 0 Å². The molecule has 0 saturated carbocycles. The number of hydrogen-bond acceptors (Lipinski definition) is 3. The summed E-state index contributed by atoms with van der Waals surface area (Å²) < 4.78 is 0. The van der Waals surface area contributed by atoms with Gasteiger partial charge in [0.1, 0.15) is 5.82 Å². The Hall–Kier alpha value is -1.09. The quantitative estimate of drug-likeness (QED) is 0.736. The molecule has 0 N–H and O–H groups in total. The van der Waals surface area contributed by atoms with E-state index in [0.717, 1.165) is 6.54 Å². The minimum absolute atomic E-state index is 0.669. The van der Waals surface area contributed by atoms with E-state index in [1.165, 1.54) is 37.3 Å². The summed E-state index contributed by atoms with van der Waals surface area (Å²) in [6.07, 6.45) is 4.40. The van der Waals surface area contributed by atoms with Crippen molar-refractivity contribution in [3.63, 3.8) is 0 Å². The van der Waals surface area contributed by atoms with Gasteiger partial charge >= 0.3 is 0 Å². The zero-order valence-electron chi connectivity index (χ0n) is 10.8. The standard InChI is InChI=1S/C14H21N3/c1-11(2)16-8-9-17-13(10-16)6-5-12-4-3-7-15-14(12)17/h3-4,7,11,13H,5-6,8-10H2,1-2H3. The van der Waals surface area contributed by atoms with Crippen molar-refractivity contribution < 1.29 is 0 Å². The highest BCUT2D eigenvalue weighted by molar-refractivity contribution is 5.50. The average Bonchev–Trinajstić information content (AvgIpc) is 2.38. The molecule has 1 unspecified atom stereocenters. The van der Waals surface area contributed by atoms with Crippen molar-refractivity contribution in [1.29, 1.82) is 0 Å². The van der Waals surface area contributed by atoms with Gasteiger partial charge in [-0.1, -0.05) is 6.07 Å². The van der Waals surface area contributed by atoms with Crippen molar-refractivity contribution in [1.82, 2.24) is 9.88 Å². The van der Waals surface area contributed by atoms with Crippen LogP contribution in [0.25, 0.3) is 0 Å². The van der Waals surface area contributed by atoms with E-state index in [9.17, 15) is 0 Å². The molecule has 1 aromatic heterocycles. The molecule has 2 aliphatic heterocycles. The third-order valence-corrected chi connectivity index (χ3v) is 4.13. The molecule has 1 saturated heterocycles. The van der Waals surface area contributed by atoms with Crippen LogP contribution in [0.5, 0.6) is 0 Å². The molecular formula is C14H21N3. The third-order valence-electron chi connectivity index (χ3n) is 4.13. The maximum atomic E-state index is 4.58. The smallest absolute Gasteiger partial charge is 0.132 e. The Morgan fingerprint density at radius 1 is 1.35 bits per heavy atom. The Kier molecular flexibility index (Phi) is 2.79. The molecule has 17 heavy (non-hydrogen) atoms. The number of nitrogens with zero attached hydrogens (tertiary/aromatic N) is 3. The molecule has 3 heterocycles. The van der Waals surface area contributed by atoms with Gasteiger partial charge in [0.2, 0.25) is 0 Å². The van der Waals surface area contributed by atoms with Crippen LogP contribution in [0.1, 0.15) is 25.8 Å². The van der Waals surface area contributed by atoms with Gasteiger partial charge < -0.3 is 4.90 Å². The summed E-state index contributed by atoms with van der Waals surface area (Å²) in [7, 11) is 0. The second kappa shape index (κ2) is 4.30. The summed E-state index contributed by atoms with van der Waals surface area (Å²) in [6.45, 7) is 8.10. The minimum Gasteiger partial charge on any atom is -0.351 e. The van der Waals surface area contributed by atoms with Gasteiger partial charge in [0.25, 0.3) is 0 Å². The first kappa shape index (κ1) is 11.0. The number of aromatic nitrogens is 1. The maximum Gasteiger partial charge on any atom is 0.132 e. The second-order valence-corrected chi connectivity index (χ2v) is 5.46. The molecule has 0 spiro atoms. The van der Waals surface area contributed by atoms with E-state index in [4.69, 9.17) is 0 Å². The molecule has 1 atom stereocenters. The molecule has 0 amide bonds. The van der Waals surface area contributed by atoms with Crippen molar-refractivity contribution in [2.45, 2.75) is 38.8 Å². The summed E-state index contributed by atoms with van der Waals surface area (Å²) in [5.74, 6) is 1.24. The summed E-state index contributed by atoms with van der Waals surface area (Å²) in [5.41, 5.74) is 1.43. The monoisotopic (exact) mass is 231 g/mol. The fourth-order valence-corrected chi connectivity index (χ4v) is 3.08.